The predicted molar refractivity (Wildman–Crippen MR) is 94.1 cm³/mol. The average Bonchev–Trinajstić information content (AvgIpc) is 2.56. The van der Waals surface area contributed by atoms with E-state index in [1.807, 2.05) is 50.2 Å². The highest BCUT2D eigenvalue weighted by molar-refractivity contribution is 5.90. The van der Waals surface area contributed by atoms with E-state index in [1.165, 1.54) is 5.56 Å². The fraction of sp³-hybridized carbons (Fsp3) is 0.316. The third kappa shape index (κ3) is 3.62. The van der Waals surface area contributed by atoms with Crippen LogP contribution < -0.4 is 20.1 Å². The van der Waals surface area contributed by atoms with Crippen LogP contribution in [0.25, 0.3) is 0 Å². The van der Waals surface area contributed by atoms with Crippen molar-refractivity contribution in [2.45, 2.75) is 26.3 Å². The summed E-state index contributed by atoms with van der Waals surface area (Å²) in [5, 5.41) is 5.87. The monoisotopic (exact) mass is 326 g/mol. The number of fused-ring (bicyclic) bond motifs is 1. The summed E-state index contributed by atoms with van der Waals surface area (Å²) in [5.41, 5.74) is 4.07. The number of hydrogen-bond donors (Lipinski definition) is 2. The lowest BCUT2D eigenvalue weighted by Crippen LogP contribution is -2.44. The van der Waals surface area contributed by atoms with Gasteiger partial charge in [-0.25, -0.2) is 4.79 Å². The maximum absolute atomic E-state index is 12.3. The third-order valence-corrected chi connectivity index (χ3v) is 4.14. The Kier molecular flexibility index (Phi) is 4.60. The van der Waals surface area contributed by atoms with Crippen molar-refractivity contribution >= 4 is 11.7 Å². The Labute approximate surface area is 142 Å². The van der Waals surface area contributed by atoms with Gasteiger partial charge in [0.05, 0.1) is 13.2 Å². The van der Waals surface area contributed by atoms with Crippen LogP contribution in [0.2, 0.25) is 0 Å². The van der Waals surface area contributed by atoms with E-state index >= 15 is 0 Å². The van der Waals surface area contributed by atoms with Crippen LogP contribution in [0.15, 0.2) is 36.4 Å². The molecule has 2 N–H and O–H groups in total. The standard InChI is InChI=1S/C19H22N2O3/c1-12-4-6-17(13(2)8-12)21-19(22)20-15-9-14-10-16(23-3)5-7-18(14)24-11-15/h4-8,10,15H,9,11H2,1-3H3,(H2,20,21,22)/t15-/m1/s1. The number of nitrogens with one attached hydrogen (secondary N) is 2. The maximum Gasteiger partial charge on any atom is 0.319 e. The lowest BCUT2D eigenvalue weighted by Gasteiger charge is -2.26. The van der Waals surface area contributed by atoms with Crippen molar-refractivity contribution in [3.8, 4) is 11.5 Å². The van der Waals surface area contributed by atoms with E-state index in [0.717, 1.165) is 28.3 Å². The Morgan fingerprint density at radius 1 is 1.21 bits per heavy atom. The van der Waals surface area contributed by atoms with Gasteiger partial charge < -0.3 is 20.1 Å². The molecule has 3 rings (SSSR count). The molecule has 5 nitrogen and oxygen atoms in total. The molecule has 24 heavy (non-hydrogen) atoms. The van der Waals surface area contributed by atoms with Crippen LogP contribution in [0.1, 0.15) is 16.7 Å². The second kappa shape index (κ2) is 6.83. The number of amides is 2. The molecule has 0 fully saturated rings. The van der Waals surface area contributed by atoms with E-state index in [-0.39, 0.29) is 12.1 Å². The molecule has 2 aromatic rings. The molecule has 0 saturated carbocycles. The number of carbonyl (C=O) groups is 1. The zero-order valence-corrected chi connectivity index (χ0v) is 14.2. The van der Waals surface area contributed by atoms with Crippen molar-refractivity contribution in [2.75, 3.05) is 19.0 Å². The molecule has 0 aliphatic carbocycles. The van der Waals surface area contributed by atoms with Crippen LogP contribution >= 0.6 is 0 Å². The molecule has 1 aliphatic rings. The van der Waals surface area contributed by atoms with Crippen LogP contribution in [0.5, 0.6) is 11.5 Å². The Bertz CT molecular complexity index is 758. The summed E-state index contributed by atoms with van der Waals surface area (Å²) in [7, 11) is 1.64. The minimum Gasteiger partial charge on any atom is -0.497 e. The molecular weight excluding hydrogens is 304 g/mol. The molecule has 1 atom stereocenters. The lowest BCUT2D eigenvalue weighted by molar-refractivity contribution is 0.222. The van der Waals surface area contributed by atoms with Crippen LogP contribution in [0, 0.1) is 13.8 Å². The number of aryl methyl sites for hydroxylation is 2. The molecule has 0 aromatic heterocycles. The second-order valence-corrected chi connectivity index (χ2v) is 6.10. The number of carbonyl (C=O) groups excluding carboxylic acids is 1. The molecule has 0 saturated heterocycles. The molecule has 2 amide bonds. The van der Waals surface area contributed by atoms with Gasteiger partial charge in [0, 0.05) is 5.69 Å². The predicted octanol–water partition coefficient (Wildman–Crippen LogP) is 3.44. The van der Waals surface area contributed by atoms with Gasteiger partial charge in [0.2, 0.25) is 0 Å². The summed E-state index contributed by atoms with van der Waals surface area (Å²) in [6.45, 7) is 4.47. The smallest absolute Gasteiger partial charge is 0.319 e. The first-order valence-electron chi connectivity index (χ1n) is 7.99. The minimum atomic E-state index is -0.220. The van der Waals surface area contributed by atoms with E-state index < -0.39 is 0 Å². The van der Waals surface area contributed by atoms with Gasteiger partial charge in [0.1, 0.15) is 18.1 Å². The molecule has 0 radical (unpaired) electrons. The highest BCUT2D eigenvalue weighted by atomic mass is 16.5. The van der Waals surface area contributed by atoms with Crippen molar-refractivity contribution < 1.29 is 14.3 Å². The molecule has 1 aliphatic heterocycles. The van der Waals surface area contributed by atoms with Gasteiger partial charge in [-0.15, -0.1) is 0 Å². The molecular formula is C19H22N2O3. The number of rotatable bonds is 3. The summed E-state index contributed by atoms with van der Waals surface area (Å²) >= 11 is 0. The number of anilines is 1. The van der Waals surface area contributed by atoms with E-state index in [0.29, 0.717) is 13.0 Å². The van der Waals surface area contributed by atoms with Crippen LogP contribution in [0.3, 0.4) is 0 Å². The van der Waals surface area contributed by atoms with Crippen molar-refractivity contribution in [3.05, 3.63) is 53.1 Å². The molecule has 2 aromatic carbocycles. The van der Waals surface area contributed by atoms with Crippen molar-refractivity contribution in [1.29, 1.82) is 0 Å². The Morgan fingerprint density at radius 3 is 2.79 bits per heavy atom. The maximum atomic E-state index is 12.3. The summed E-state index contributed by atoms with van der Waals surface area (Å²) in [5.74, 6) is 1.64. The summed E-state index contributed by atoms with van der Waals surface area (Å²) in [6, 6.07) is 11.4. The van der Waals surface area contributed by atoms with Crippen LogP contribution in [-0.2, 0) is 6.42 Å². The lowest BCUT2D eigenvalue weighted by atomic mass is 10.0. The van der Waals surface area contributed by atoms with E-state index in [4.69, 9.17) is 9.47 Å². The molecule has 0 spiro atoms. The fourth-order valence-corrected chi connectivity index (χ4v) is 2.89. The SMILES string of the molecule is COc1ccc2c(c1)C[C@@H](NC(=O)Nc1ccc(C)cc1C)CO2. The Hall–Kier alpha value is -2.69. The fourth-order valence-electron chi connectivity index (χ4n) is 2.89. The molecule has 5 heteroatoms. The molecule has 126 valence electrons. The van der Waals surface area contributed by atoms with Gasteiger partial charge in [-0.2, -0.15) is 0 Å². The highest BCUT2D eigenvalue weighted by Gasteiger charge is 2.22. The van der Waals surface area contributed by atoms with Crippen LogP contribution in [-0.4, -0.2) is 25.8 Å². The normalized spacial score (nSPS) is 15.9. The highest BCUT2D eigenvalue weighted by Crippen LogP contribution is 2.28. The first kappa shape index (κ1) is 16.2. The van der Waals surface area contributed by atoms with Gasteiger partial charge in [0.25, 0.3) is 0 Å². The quantitative estimate of drug-likeness (QED) is 0.908. The van der Waals surface area contributed by atoms with Gasteiger partial charge in [0.15, 0.2) is 0 Å². The van der Waals surface area contributed by atoms with E-state index in [9.17, 15) is 4.79 Å². The minimum absolute atomic E-state index is 0.0737. The van der Waals surface area contributed by atoms with E-state index in [2.05, 4.69) is 10.6 Å². The zero-order valence-electron chi connectivity index (χ0n) is 14.2. The van der Waals surface area contributed by atoms with Crippen molar-refractivity contribution in [3.63, 3.8) is 0 Å². The summed E-state index contributed by atoms with van der Waals surface area (Å²) in [4.78, 5) is 12.3. The number of methoxy groups -OCH3 is 1. The first-order valence-corrected chi connectivity index (χ1v) is 7.99. The zero-order chi connectivity index (χ0) is 17.1. The Morgan fingerprint density at radius 2 is 2.04 bits per heavy atom. The first-order chi connectivity index (χ1) is 11.5. The summed E-state index contributed by atoms with van der Waals surface area (Å²) in [6.07, 6.45) is 0.715. The van der Waals surface area contributed by atoms with Gasteiger partial charge >= 0.3 is 6.03 Å². The topological polar surface area (TPSA) is 59.6 Å². The van der Waals surface area contributed by atoms with Crippen LogP contribution in [0.4, 0.5) is 10.5 Å². The van der Waals surface area contributed by atoms with Gasteiger partial charge in [-0.05, 0) is 55.7 Å². The number of benzene rings is 2. The van der Waals surface area contributed by atoms with Gasteiger partial charge in [-0.3, -0.25) is 0 Å². The molecule has 0 bridgehead atoms. The number of hydrogen-bond acceptors (Lipinski definition) is 3. The molecule has 0 unspecified atom stereocenters. The number of ether oxygens (including phenoxy) is 2. The largest absolute Gasteiger partial charge is 0.497 e. The summed E-state index contributed by atoms with van der Waals surface area (Å²) < 4.78 is 11.0. The number of urea groups is 1. The second-order valence-electron chi connectivity index (χ2n) is 6.10. The molecule has 1 heterocycles. The third-order valence-electron chi connectivity index (χ3n) is 4.14. The van der Waals surface area contributed by atoms with Gasteiger partial charge in [-0.1, -0.05) is 17.7 Å². The van der Waals surface area contributed by atoms with E-state index in [1.54, 1.807) is 7.11 Å². The Balaban J connectivity index is 1.63. The van der Waals surface area contributed by atoms with Crippen molar-refractivity contribution in [2.24, 2.45) is 0 Å². The van der Waals surface area contributed by atoms with Crippen molar-refractivity contribution in [1.82, 2.24) is 5.32 Å². The average molecular weight is 326 g/mol.